The highest BCUT2D eigenvalue weighted by atomic mass is 35.6. The van der Waals surface area contributed by atoms with E-state index in [2.05, 4.69) is 6.58 Å². The van der Waals surface area contributed by atoms with Crippen molar-refractivity contribution in [2.75, 3.05) is 6.61 Å². The number of hydrogen-bond acceptors (Lipinski definition) is 1. The molecule has 0 amide bonds. The molecule has 0 radical (unpaired) electrons. The summed E-state index contributed by atoms with van der Waals surface area (Å²) >= 11 is -1.28. The van der Waals surface area contributed by atoms with Crippen LogP contribution in [0.15, 0.2) is 12.7 Å². The second-order valence-corrected chi connectivity index (χ2v) is 4.75. The monoisotopic (exact) mass is 148 g/mol. The lowest BCUT2D eigenvalue weighted by atomic mass is 10.5. The van der Waals surface area contributed by atoms with Crippen LogP contribution in [0.5, 0.6) is 0 Å². The van der Waals surface area contributed by atoms with E-state index in [-0.39, 0.29) is 0 Å². The Morgan fingerprint density at radius 3 is 2.88 bits per heavy atom. The topological polar surface area (TPSA) is 9.23 Å². The van der Waals surface area contributed by atoms with Crippen molar-refractivity contribution < 1.29 is 3.79 Å². The van der Waals surface area contributed by atoms with Gasteiger partial charge in [0.1, 0.15) is 0 Å². The third-order valence-corrected chi connectivity index (χ3v) is 1.74. The fourth-order valence-corrected chi connectivity index (χ4v) is 1.04. The molecular formula is C5H10AlClO. The van der Waals surface area contributed by atoms with Gasteiger partial charge < -0.3 is 3.79 Å². The van der Waals surface area contributed by atoms with E-state index in [0.717, 1.165) is 13.0 Å². The van der Waals surface area contributed by atoms with Crippen molar-refractivity contribution in [3.05, 3.63) is 12.7 Å². The molecule has 0 aromatic heterocycles. The van der Waals surface area contributed by atoms with E-state index in [1.165, 1.54) is 0 Å². The predicted molar refractivity (Wildman–Crippen MR) is 38.2 cm³/mol. The Balaban J connectivity index is 2.81. The standard InChI is InChI=1S/C4H7O.CH3.Al.ClH/c1-2-3-4-5;;;/h2H,1,3-4H2;1H3;;1H/q-1;;+2;/p-1. The molecule has 0 N–H and O–H groups in total. The molecule has 0 aliphatic heterocycles. The van der Waals surface area contributed by atoms with E-state index in [1.807, 2.05) is 11.9 Å². The smallest absolute Gasteiger partial charge is 0.489 e. The fourth-order valence-electron chi connectivity index (χ4n) is 0.314. The average molecular weight is 149 g/mol. The third kappa shape index (κ3) is 6.52. The molecule has 0 unspecified atom stereocenters. The van der Waals surface area contributed by atoms with Crippen LogP contribution < -0.4 is 0 Å². The molecule has 46 valence electrons. The Labute approximate surface area is 59.2 Å². The van der Waals surface area contributed by atoms with Crippen LogP contribution in [0.4, 0.5) is 0 Å². The minimum Gasteiger partial charge on any atom is -0.489 e. The lowest BCUT2D eigenvalue weighted by Crippen LogP contribution is -2.04. The summed E-state index contributed by atoms with van der Waals surface area (Å²) in [7, 11) is 5.60. The van der Waals surface area contributed by atoms with Crippen molar-refractivity contribution >= 4 is 23.6 Å². The molecule has 1 nitrogen and oxygen atoms in total. The van der Waals surface area contributed by atoms with Gasteiger partial charge in [0.15, 0.2) is 0 Å². The maximum Gasteiger partial charge on any atom is 0.588 e. The maximum absolute atomic E-state index is 5.60. The summed E-state index contributed by atoms with van der Waals surface area (Å²) in [6, 6.07) is 0. The molecule has 0 spiro atoms. The van der Waals surface area contributed by atoms with Crippen LogP contribution in [0.3, 0.4) is 0 Å². The van der Waals surface area contributed by atoms with Crippen molar-refractivity contribution in [1.29, 1.82) is 0 Å². The van der Waals surface area contributed by atoms with Gasteiger partial charge in [-0.2, -0.15) is 0 Å². The van der Waals surface area contributed by atoms with Gasteiger partial charge in [-0.1, -0.05) is 11.9 Å². The second kappa shape index (κ2) is 5.66. The lowest BCUT2D eigenvalue weighted by molar-refractivity contribution is 0.342. The molecule has 0 atom stereocenters. The lowest BCUT2D eigenvalue weighted by Gasteiger charge is -1.97. The molecule has 0 aromatic carbocycles. The molecule has 0 heterocycles. The first-order valence-electron chi connectivity index (χ1n) is 2.64. The second-order valence-electron chi connectivity index (χ2n) is 1.49. The zero-order valence-electron chi connectivity index (χ0n) is 5.06. The zero-order valence-corrected chi connectivity index (χ0v) is 6.97. The average Bonchev–Trinajstić information content (AvgIpc) is 1.66. The van der Waals surface area contributed by atoms with Crippen LogP contribution in [-0.2, 0) is 3.79 Å². The minimum atomic E-state index is -1.28. The third-order valence-electron chi connectivity index (χ3n) is 0.669. The Kier molecular flexibility index (Phi) is 6.02. The van der Waals surface area contributed by atoms with Crippen LogP contribution in [0, 0.1) is 0 Å². The molecule has 0 aliphatic rings. The van der Waals surface area contributed by atoms with E-state index >= 15 is 0 Å². The van der Waals surface area contributed by atoms with Gasteiger partial charge in [-0.3, -0.25) is 0 Å². The van der Waals surface area contributed by atoms with Crippen molar-refractivity contribution in [1.82, 2.24) is 0 Å². The van der Waals surface area contributed by atoms with Crippen LogP contribution in [0.2, 0.25) is 5.79 Å². The van der Waals surface area contributed by atoms with E-state index in [4.69, 9.17) is 13.8 Å². The first-order valence-corrected chi connectivity index (χ1v) is 6.01. The van der Waals surface area contributed by atoms with Gasteiger partial charge >= 0.3 is 13.6 Å². The molecule has 0 fully saturated rings. The van der Waals surface area contributed by atoms with Gasteiger partial charge in [-0.15, -0.1) is 6.58 Å². The van der Waals surface area contributed by atoms with E-state index in [0.29, 0.717) is 0 Å². The van der Waals surface area contributed by atoms with Gasteiger partial charge in [-0.25, -0.2) is 10.0 Å². The van der Waals surface area contributed by atoms with Crippen LogP contribution in [0.1, 0.15) is 6.42 Å². The molecule has 0 bridgehead atoms. The number of rotatable bonds is 4. The maximum atomic E-state index is 5.60. The van der Waals surface area contributed by atoms with Crippen molar-refractivity contribution in [3.63, 3.8) is 0 Å². The van der Waals surface area contributed by atoms with E-state index in [1.54, 1.807) is 0 Å². The summed E-state index contributed by atoms with van der Waals surface area (Å²) < 4.78 is 5.12. The van der Waals surface area contributed by atoms with Gasteiger partial charge in [0, 0.05) is 6.61 Å². The minimum absolute atomic E-state index is 0.736. The molecule has 0 saturated heterocycles. The van der Waals surface area contributed by atoms with Gasteiger partial charge in [0.05, 0.1) is 0 Å². The van der Waals surface area contributed by atoms with Gasteiger partial charge in [0.2, 0.25) is 0 Å². The zero-order chi connectivity index (χ0) is 6.41. The highest BCUT2D eigenvalue weighted by Gasteiger charge is 2.05. The highest BCUT2D eigenvalue weighted by Crippen LogP contribution is 1.91. The van der Waals surface area contributed by atoms with Crippen LogP contribution >= 0.6 is 10.0 Å². The van der Waals surface area contributed by atoms with E-state index in [9.17, 15) is 0 Å². The van der Waals surface area contributed by atoms with Crippen molar-refractivity contribution in [2.24, 2.45) is 0 Å². The van der Waals surface area contributed by atoms with Crippen LogP contribution in [-0.4, -0.2) is 20.2 Å². The summed E-state index contributed by atoms with van der Waals surface area (Å²) in [5.41, 5.74) is 0. The first kappa shape index (κ1) is 8.52. The summed E-state index contributed by atoms with van der Waals surface area (Å²) in [4.78, 5) is 0. The molecule has 0 aliphatic carbocycles. The van der Waals surface area contributed by atoms with E-state index < -0.39 is 13.6 Å². The highest BCUT2D eigenvalue weighted by molar-refractivity contribution is 7.02. The van der Waals surface area contributed by atoms with Crippen molar-refractivity contribution in [3.8, 4) is 0 Å². The Hall–Kier alpha value is 0.522. The van der Waals surface area contributed by atoms with Crippen molar-refractivity contribution in [2.45, 2.75) is 12.2 Å². The summed E-state index contributed by atoms with van der Waals surface area (Å²) in [5, 5.41) is 0. The summed E-state index contributed by atoms with van der Waals surface area (Å²) in [6.45, 7) is 4.29. The number of halogens is 1. The molecule has 8 heavy (non-hydrogen) atoms. The molecular weight excluding hydrogens is 138 g/mol. The molecule has 0 aromatic rings. The van der Waals surface area contributed by atoms with Gasteiger partial charge in [0.25, 0.3) is 0 Å². The molecule has 0 rings (SSSR count). The number of hydrogen-bond donors (Lipinski definition) is 0. The fraction of sp³-hybridized carbons (Fsp3) is 0.600. The summed E-state index contributed by atoms with van der Waals surface area (Å²) in [5.74, 6) is 1.94. The SMILES string of the molecule is C=CCC[O][Al]([CH3])[Cl]. The Morgan fingerprint density at radius 1 is 1.88 bits per heavy atom. The first-order chi connectivity index (χ1) is 3.77. The summed E-state index contributed by atoms with van der Waals surface area (Å²) in [6.07, 6.45) is 2.73. The Morgan fingerprint density at radius 2 is 2.50 bits per heavy atom. The van der Waals surface area contributed by atoms with Gasteiger partial charge in [-0.05, 0) is 6.42 Å². The predicted octanol–water partition coefficient (Wildman–Crippen LogP) is 1.94. The normalized spacial score (nSPS) is 8.75. The quantitative estimate of drug-likeness (QED) is 0.336. The molecule has 3 heteroatoms. The largest absolute Gasteiger partial charge is 0.588 e. The van der Waals surface area contributed by atoms with Crippen LogP contribution in [0.25, 0.3) is 0 Å². The Bertz CT molecular complexity index is 65.4. The molecule has 0 saturated carbocycles.